The minimum Gasteiger partial charge on any atom is -0.211 e. The van der Waals surface area contributed by atoms with Crippen LogP contribution in [-0.4, -0.2) is 6.08 Å². The molecule has 0 atom stereocenters. The lowest BCUT2D eigenvalue weighted by molar-refractivity contribution is 0.247. The third kappa shape index (κ3) is 1.68. The highest BCUT2D eigenvalue weighted by atomic mass is 19.1. The molecule has 0 spiro atoms. The molecule has 0 bridgehead atoms. The number of hydrogen-bond donors (Lipinski definition) is 0. The first-order valence-electron chi connectivity index (χ1n) is 5.60. The van der Waals surface area contributed by atoms with E-state index in [4.69, 9.17) is 0 Å². The molecule has 0 unspecified atom stereocenters. The number of hydrogen-bond acceptors (Lipinski definition) is 2. The second kappa shape index (κ2) is 4.18. The lowest BCUT2D eigenvalue weighted by atomic mass is 9.72. The van der Waals surface area contributed by atoms with Crippen molar-refractivity contribution in [3.63, 3.8) is 0 Å². The smallest absolute Gasteiger partial charge is 0.211 e. The summed E-state index contributed by atoms with van der Waals surface area (Å²) in [4.78, 5) is 14.3. The van der Waals surface area contributed by atoms with E-state index in [2.05, 4.69) is 4.99 Å². The quantitative estimate of drug-likeness (QED) is 0.567. The van der Waals surface area contributed by atoms with E-state index in [1.807, 2.05) is 13.0 Å². The van der Waals surface area contributed by atoms with E-state index >= 15 is 0 Å². The van der Waals surface area contributed by atoms with Crippen molar-refractivity contribution in [1.82, 2.24) is 0 Å². The summed E-state index contributed by atoms with van der Waals surface area (Å²) in [5.41, 5.74) is 1.00. The Morgan fingerprint density at radius 3 is 2.75 bits per heavy atom. The van der Waals surface area contributed by atoms with Gasteiger partial charge in [0.25, 0.3) is 0 Å². The van der Waals surface area contributed by atoms with E-state index in [0.717, 1.165) is 31.2 Å². The zero-order valence-corrected chi connectivity index (χ0v) is 9.29. The highest BCUT2D eigenvalue weighted by molar-refractivity contribution is 5.41. The molecule has 1 aromatic rings. The molecular weight excluding hydrogens is 205 g/mol. The van der Waals surface area contributed by atoms with Crippen molar-refractivity contribution in [2.24, 2.45) is 4.99 Å². The van der Waals surface area contributed by atoms with Crippen LogP contribution in [0.2, 0.25) is 0 Å². The van der Waals surface area contributed by atoms with E-state index < -0.39 is 5.54 Å². The topological polar surface area (TPSA) is 29.4 Å². The molecule has 0 amide bonds. The van der Waals surface area contributed by atoms with Crippen molar-refractivity contribution in [3.8, 4) is 0 Å². The number of nitrogens with zero attached hydrogens (tertiary/aromatic N) is 1. The van der Waals surface area contributed by atoms with Gasteiger partial charge in [-0.25, -0.2) is 9.18 Å². The Hall–Kier alpha value is -1.47. The van der Waals surface area contributed by atoms with Gasteiger partial charge in [-0.3, -0.25) is 0 Å². The van der Waals surface area contributed by atoms with E-state index in [1.165, 1.54) is 6.07 Å². The summed E-state index contributed by atoms with van der Waals surface area (Å²) in [5.74, 6) is -0.268. The average molecular weight is 219 g/mol. The van der Waals surface area contributed by atoms with Crippen LogP contribution in [0.4, 0.5) is 4.39 Å². The monoisotopic (exact) mass is 219 g/mol. The average Bonchev–Trinajstić information content (AvgIpc) is 2.25. The second-order valence-electron chi connectivity index (χ2n) is 4.26. The van der Waals surface area contributed by atoms with Crippen molar-refractivity contribution in [1.29, 1.82) is 0 Å². The fourth-order valence-electron chi connectivity index (χ4n) is 2.19. The lowest BCUT2D eigenvalue weighted by Crippen LogP contribution is -2.33. The van der Waals surface area contributed by atoms with Crippen LogP contribution in [-0.2, 0) is 16.8 Å². The van der Waals surface area contributed by atoms with Gasteiger partial charge in [0.05, 0.1) is 0 Å². The second-order valence-corrected chi connectivity index (χ2v) is 4.26. The number of isocyanates is 1. The number of benzene rings is 1. The van der Waals surface area contributed by atoms with Crippen LogP contribution in [0.1, 0.15) is 37.3 Å². The molecule has 2 nitrogen and oxygen atoms in total. The highest BCUT2D eigenvalue weighted by Gasteiger charge is 2.40. The molecule has 2 rings (SSSR count). The Kier molecular flexibility index (Phi) is 2.88. The normalized spacial score (nSPS) is 17.4. The maximum Gasteiger partial charge on any atom is 0.235 e. The maximum absolute atomic E-state index is 13.8. The summed E-state index contributed by atoms with van der Waals surface area (Å²) in [5, 5.41) is 0. The summed E-state index contributed by atoms with van der Waals surface area (Å²) in [6.07, 6.45) is 4.91. The molecule has 0 radical (unpaired) electrons. The summed E-state index contributed by atoms with van der Waals surface area (Å²) in [6.45, 7) is 2.02. The van der Waals surface area contributed by atoms with Gasteiger partial charge >= 0.3 is 0 Å². The largest absolute Gasteiger partial charge is 0.235 e. The third-order valence-corrected chi connectivity index (χ3v) is 3.38. The molecule has 0 heterocycles. The van der Waals surface area contributed by atoms with Crippen molar-refractivity contribution >= 4 is 6.08 Å². The van der Waals surface area contributed by atoms with E-state index in [1.54, 1.807) is 12.1 Å². The number of aliphatic imine (C=N–C) groups is 1. The highest BCUT2D eigenvalue weighted by Crippen LogP contribution is 2.45. The Morgan fingerprint density at radius 2 is 2.25 bits per heavy atom. The predicted molar refractivity (Wildman–Crippen MR) is 59.4 cm³/mol. The van der Waals surface area contributed by atoms with E-state index in [0.29, 0.717) is 5.56 Å². The molecule has 0 N–H and O–H groups in total. The first-order valence-corrected chi connectivity index (χ1v) is 5.60. The Bertz CT molecular complexity index is 445. The lowest BCUT2D eigenvalue weighted by Gasteiger charge is -2.37. The van der Waals surface area contributed by atoms with Gasteiger partial charge in [0.1, 0.15) is 11.4 Å². The van der Waals surface area contributed by atoms with Gasteiger partial charge in [0.15, 0.2) is 0 Å². The molecule has 1 saturated carbocycles. The molecule has 1 aliphatic carbocycles. The fraction of sp³-hybridized carbons (Fsp3) is 0.462. The first-order chi connectivity index (χ1) is 7.72. The summed E-state index contributed by atoms with van der Waals surface area (Å²) < 4.78 is 13.8. The van der Waals surface area contributed by atoms with E-state index in [-0.39, 0.29) is 5.82 Å². The van der Waals surface area contributed by atoms with Crippen LogP contribution in [0.5, 0.6) is 0 Å². The van der Waals surface area contributed by atoms with Gasteiger partial charge in [0, 0.05) is 5.56 Å². The van der Waals surface area contributed by atoms with Crippen LogP contribution < -0.4 is 0 Å². The number of carbonyl (C=O) groups excluding carboxylic acids is 1. The third-order valence-electron chi connectivity index (χ3n) is 3.38. The number of aryl methyl sites for hydroxylation is 1. The van der Waals surface area contributed by atoms with Gasteiger partial charge < -0.3 is 0 Å². The molecule has 1 aliphatic rings. The molecule has 84 valence electrons. The standard InChI is InChI=1S/C13H14FNO/c1-2-10-4-5-12(14)11(8-10)13(15-9-16)6-3-7-13/h4-5,8H,2-3,6-7H2,1H3. The van der Waals surface area contributed by atoms with Gasteiger partial charge in [-0.15, -0.1) is 0 Å². The van der Waals surface area contributed by atoms with Crippen molar-refractivity contribution < 1.29 is 9.18 Å². The molecule has 1 aromatic carbocycles. The molecule has 0 aliphatic heterocycles. The summed E-state index contributed by atoms with van der Waals surface area (Å²) >= 11 is 0. The van der Waals surface area contributed by atoms with Crippen molar-refractivity contribution in [3.05, 3.63) is 35.1 Å². The van der Waals surface area contributed by atoms with Gasteiger partial charge in [-0.1, -0.05) is 19.1 Å². The van der Waals surface area contributed by atoms with Crippen molar-refractivity contribution in [2.45, 2.75) is 38.1 Å². The Balaban J connectivity index is 2.48. The molecule has 0 aromatic heterocycles. The maximum atomic E-state index is 13.8. The Morgan fingerprint density at radius 1 is 1.50 bits per heavy atom. The molecule has 1 fully saturated rings. The summed E-state index contributed by atoms with van der Waals surface area (Å²) in [6, 6.07) is 5.07. The van der Waals surface area contributed by atoms with Gasteiger partial charge in [-0.05, 0) is 37.3 Å². The minimum atomic E-state index is -0.628. The fourth-order valence-corrected chi connectivity index (χ4v) is 2.19. The van der Waals surface area contributed by atoms with Crippen LogP contribution in [0.15, 0.2) is 23.2 Å². The first kappa shape index (κ1) is 11.0. The minimum absolute atomic E-state index is 0.268. The van der Waals surface area contributed by atoms with Gasteiger partial charge in [0.2, 0.25) is 6.08 Å². The van der Waals surface area contributed by atoms with Crippen LogP contribution in [0.25, 0.3) is 0 Å². The molecule has 16 heavy (non-hydrogen) atoms. The zero-order chi connectivity index (χ0) is 11.6. The van der Waals surface area contributed by atoms with Crippen LogP contribution in [0.3, 0.4) is 0 Å². The predicted octanol–water partition coefficient (Wildman–Crippen LogP) is 3.10. The number of rotatable bonds is 3. The summed E-state index contributed by atoms with van der Waals surface area (Å²) in [7, 11) is 0. The Labute approximate surface area is 94.2 Å². The van der Waals surface area contributed by atoms with E-state index in [9.17, 15) is 9.18 Å². The van der Waals surface area contributed by atoms with Crippen LogP contribution >= 0.6 is 0 Å². The van der Waals surface area contributed by atoms with Crippen molar-refractivity contribution in [2.75, 3.05) is 0 Å². The SMILES string of the molecule is CCc1ccc(F)c(C2(N=C=O)CCC2)c1. The van der Waals surface area contributed by atoms with Crippen LogP contribution in [0, 0.1) is 5.82 Å². The molecule has 0 saturated heterocycles. The molecule has 3 heteroatoms. The van der Waals surface area contributed by atoms with Gasteiger partial charge in [-0.2, -0.15) is 4.99 Å². The molecular formula is C13H14FNO. The number of halogens is 1. The zero-order valence-electron chi connectivity index (χ0n) is 9.29.